The average molecular weight is 153 g/mol. The van der Waals surface area contributed by atoms with Crippen molar-refractivity contribution >= 4 is 17.3 Å². The lowest BCUT2D eigenvalue weighted by Crippen LogP contribution is -2.21. The highest BCUT2D eigenvalue weighted by Crippen LogP contribution is 2.01. The van der Waals surface area contributed by atoms with Crippen molar-refractivity contribution in [2.75, 3.05) is 0 Å². The van der Waals surface area contributed by atoms with Crippen LogP contribution in [0.25, 0.3) is 0 Å². The van der Waals surface area contributed by atoms with E-state index in [2.05, 4.69) is 17.5 Å². The summed E-state index contributed by atoms with van der Waals surface area (Å²) in [4.78, 5) is 10.7. The standard InChI is InChI=1S/C7H11N3O/c1-2-3-4-5-6(8)7(11)10-9-5/h2-4H2,1H3,(H2,8,10,11). The van der Waals surface area contributed by atoms with Gasteiger partial charge in [-0.25, -0.2) is 5.43 Å². The monoisotopic (exact) mass is 153 g/mol. The molecule has 11 heavy (non-hydrogen) atoms. The lowest BCUT2D eigenvalue weighted by molar-refractivity contribution is -0.114. The Morgan fingerprint density at radius 3 is 2.82 bits per heavy atom. The molecule has 0 aliphatic carbocycles. The van der Waals surface area contributed by atoms with Gasteiger partial charge in [0.2, 0.25) is 0 Å². The lowest BCUT2D eigenvalue weighted by atomic mass is 10.1. The molecule has 0 aromatic rings. The molecule has 0 aromatic heterocycles. The summed E-state index contributed by atoms with van der Waals surface area (Å²) in [6, 6.07) is 0. The van der Waals surface area contributed by atoms with Gasteiger partial charge >= 0.3 is 0 Å². The highest BCUT2D eigenvalue weighted by molar-refractivity contribution is 6.67. The van der Waals surface area contributed by atoms with Gasteiger partial charge in [-0.15, -0.1) is 0 Å². The fourth-order valence-electron chi connectivity index (χ4n) is 0.886. The number of hydrazone groups is 1. The maximum Gasteiger partial charge on any atom is 0.291 e. The van der Waals surface area contributed by atoms with Gasteiger partial charge in [-0.2, -0.15) is 5.10 Å². The maximum absolute atomic E-state index is 10.7. The third kappa shape index (κ3) is 1.63. The molecular weight excluding hydrogens is 142 g/mol. The van der Waals surface area contributed by atoms with Gasteiger partial charge in [-0.1, -0.05) is 13.3 Å². The van der Waals surface area contributed by atoms with Crippen molar-refractivity contribution < 1.29 is 4.79 Å². The summed E-state index contributed by atoms with van der Waals surface area (Å²) in [5.41, 5.74) is 2.87. The molecule has 0 aromatic carbocycles. The Balaban J connectivity index is 2.47. The van der Waals surface area contributed by atoms with Crippen LogP contribution < -0.4 is 5.43 Å². The zero-order valence-corrected chi connectivity index (χ0v) is 6.48. The fraction of sp³-hybridized carbons (Fsp3) is 0.571. The molecule has 0 unspecified atom stereocenters. The molecule has 0 fully saturated rings. The number of carbonyl (C=O) groups excluding carboxylic acids is 1. The van der Waals surface area contributed by atoms with Crippen LogP contribution in [-0.4, -0.2) is 17.3 Å². The predicted molar refractivity (Wildman–Crippen MR) is 42.8 cm³/mol. The smallest absolute Gasteiger partial charge is 0.291 e. The van der Waals surface area contributed by atoms with Crippen LogP contribution in [0.5, 0.6) is 0 Å². The summed E-state index contributed by atoms with van der Waals surface area (Å²) < 4.78 is 0. The Kier molecular flexibility index (Phi) is 2.36. The molecular formula is C7H11N3O. The normalized spacial score (nSPS) is 16.6. The van der Waals surface area contributed by atoms with E-state index in [1.807, 2.05) is 0 Å². The summed E-state index contributed by atoms with van der Waals surface area (Å²) in [6.45, 7) is 2.06. The van der Waals surface area contributed by atoms with Gasteiger partial charge in [0.25, 0.3) is 5.91 Å². The van der Waals surface area contributed by atoms with E-state index < -0.39 is 0 Å². The van der Waals surface area contributed by atoms with Crippen molar-refractivity contribution in [3.8, 4) is 0 Å². The minimum atomic E-state index is -0.379. The summed E-state index contributed by atoms with van der Waals surface area (Å²) >= 11 is 0. The fourth-order valence-corrected chi connectivity index (χ4v) is 0.886. The largest absolute Gasteiger partial charge is 0.294 e. The second-order valence-electron chi connectivity index (χ2n) is 2.48. The van der Waals surface area contributed by atoms with E-state index in [4.69, 9.17) is 5.41 Å². The number of hydrogen-bond donors (Lipinski definition) is 2. The number of nitrogens with one attached hydrogen (secondary N) is 2. The molecule has 1 amide bonds. The molecule has 0 atom stereocenters. The zero-order valence-electron chi connectivity index (χ0n) is 6.48. The second kappa shape index (κ2) is 3.27. The van der Waals surface area contributed by atoms with Crippen LogP contribution in [0, 0.1) is 5.41 Å². The van der Waals surface area contributed by atoms with E-state index in [0.717, 1.165) is 19.3 Å². The van der Waals surface area contributed by atoms with Crippen LogP contribution in [0.4, 0.5) is 0 Å². The van der Waals surface area contributed by atoms with Crippen LogP contribution >= 0.6 is 0 Å². The van der Waals surface area contributed by atoms with E-state index >= 15 is 0 Å². The van der Waals surface area contributed by atoms with Crippen LogP contribution in [0.1, 0.15) is 26.2 Å². The highest BCUT2D eigenvalue weighted by Gasteiger charge is 2.21. The van der Waals surface area contributed by atoms with Crippen molar-refractivity contribution in [3.05, 3.63) is 0 Å². The lowest BCUT2D eigenvalue weighted by Gasteiger charge is -1.93. The minimum absolute atomic E-state index is 0.0263. The molecule has 0 saturated heterocycles. The van der Waals surface area contributed by atoms with Gasteiger partial charge in [-0.05, 0) is 12.8 Å². The van der Waals surface area contributed by atoms with Gasteiger partial charge in [0.15, 0.2) is 0 Å². The van der Waals surface area contributed by atoms with Crippen molar-refractivity contribution in [2.45, 2.75) is 26.2 Å². The van der Waals surface area contributed by atoms with Gasteiger partial charge in [0, 0.05) is 0 Å². The number of nitrogens with zero attached hydrogens (tertiary/aromatic N) is 1. The predicted octanol–water partition coefficient (Wildman–Crippen LogP) is 0.682. The number of rotatable bonds is 3. The first kappa shape index (κ1) is 7.91. The Bertz CT molecular complexity index is 220. The minimum Gasteiger partial charge on any atom is -0.294 e. The molecule has 1 aliphatic heterocycles. The second-order valence-corrected chi connectivity index (χ2v) is 2.48. The van der Waals surface area contributed by atoms with Crippen molar-refractivity contribution in [1.82, 2.24) is 5.43 Å². The molecule has 1 aliphatic rings. The molecule has 4 heteroatoms. The Morgan fingerprint density at radius 2 is 2.36 bits per heavy atom. The summed E-state index contributed by atoms with van der Waals surface area (Å²) in [6.07, 6.45) is 2.77. The van der Waals surface area contributed by atoms with E-state index in [1.165, 1.54) is 0 Å². The Labute approximate surface area is 65.2 Å². The van der Waals surface area contributed by atoms with Crippen molar-refractivity contribution in [2.24, 2.45) is 5.10 Å². The quantitative estimate of drug-likeness (QED) is 0.615. The molecule has 60 valence electrons. The molecule has 0 bridgehead atoms. The van der Waals surface area contributed by atoms with Gasteiger partial charge in [0.1, 0.15) is 5.71 Å². The topological polar surface area (TPSA) is 65.3 Å². The molecule has 0 spiro atoms. The molecule has 1 rings (SSSR count). The van der Waals surface area contributed by atoms with E-state index in [9.17, 15) is 4.79 Å². The van der Waals surface area contributed by atoms with Crippen LogP contribution in [0.15, 0.2) is 5.10 Å². The van der Waals surface area contributed by atoms with Gasteiger partial charge < -0.3 is 0 Å². The van der Waals surface area contributed by atoms with Gasteiger partial charge in [-0.3, -0.25) is 10.2 Å². The maximum atomic E-state index is 10.7. The first-order valence-corrected chi connectivity index (χ1v) is 3.71. The van der Waals surface area contributed by atoms with E-state index in [1.54, 1.807) is 0 Å². The molecule has 1 heterocycles. The van der Waals surface area contributed by atoms with Crippen LogP contribution in [0.2, 0.25) is 0 Å². The number of unbranched alkanes of at least 4 members (excludes halogenated alkanes) is 1. The van der Waals surface area contributed by atoms with E-state index in [-0.39, 0.29) is 11.6 Å². The zero-order chi connectivity index (χ0) is 8.27. The third-order valence-electron chi connectivity index (χ3n) is 1.58. The Morgan fingerprint density at radius 1 is 1.64 bits per heavy atom. The number of carbonyl (C=O) groups is 1. The molecule has 0 saturated carbocycles. The molecule has 4 nitrogen and oxygen atoms in total. The molecule has 2 N–H and O–H groups in total. The van der Waals surface area contributed by atoms with Crippen LogP contribution in [-0.2, 0) is 4.79 Å². The summed E-state index contributed by atoms with van der Waals surface area (Å²) in [5, 5.41) is 11.0. The first-order chi connectivity index (χ1) is 5.25. The van der Waals surface area contributed by atoms with Gasteiger partial charge in [0.05, 0.1) is 5.71 Å². The van der Waals surface area contributed by atoms with Crippen LogP contribution in [0.3, 0.4) is 0 Å². The number of amides is 1. The summed E-state index contributed by atoms with van der Waals surface area (Å²) in [5.74, 6) is -0.379. The van der Waals surface area contributed by atoms with E-state index in [0.29, 0.717) is 5.71 Å². The van der Waals surface area contributed by atoms with Crippen molar-refractivity contribution in [3.63, 3.8) is 0 Å². The average Bonchev–Trinajstić information content (AvgIpc) is 2.31. The summed E-state index contributed by atoms with van der Waals surface area (Å²) in [7, 11) is 0. The highest BCUT2D eigenvalue weighted by atomic mass is 16.2. The molecule has 0 radical (unpaired) electrons. The first-order valence-electron chi connectivity index (χ1n) is 3.71. The SMILES string of the molecule is CCCCC1=NNC(=O)C1=N. The van der Waals surface area contributed by atoms with Crippen molar-refractivity contribution in [1.29, 1.82) is 5.41 Å². The third-order valence-corrected chi connectivity index (χ3v) is 1.58. The number of hydrogen-bond acceptors (Lipinski definition) is 3. The Hall–Kier alpha value is -1.19.